The van der Waals surface area contributed by atoms with Crippen LogP contribution in [-0.2, 0) is 6.42 Å². The summed E-state index contributed by atoms with van der Waals surface area (Å²) in [6.07, 6.45) is 5.54. The Hall–Kier alpha value is -1.60. The molecule has 4 heteroatoms. The lowest BCUT2D eigenvalue weighted by Crippen LogP contribution is -2.43. The highest BCUT2D eigenvalue weighted by molar-refractivity contribution is 7.80. The highest BCUT2D eigenvalue weighted by atomic mass is 32.1. The van der Waals surface area contributed by atoms with Crippen molar-refractivity contribution in [2.24, 2.45) is 5.92 Å². The van der Waals surface area contributed by atoms with Gasteiger partial charge in [0.25, 0.3) is 0 Å². The largest absolute Gasteiger partial charge is 0.359 e. The number of nitrogens with zero attached hydrogens (tertiary/aromatic N) is 1. The second kappa shape index (κ2) is 7.25. The first kappa shape index (κ1) is 14.8. The van der Waals surface area contributed by atoms with Gasteiger partial charge in [-0.25, -0.2) is 0 Å². The van der Waals surface area contributed by atoms with Crippen LogP contribution in [0.1, 0.15) is 38.2 Å². The molecule has 2 atom stereocenters. The smallest absolute Gasteiger partial charge is 0.171 e. The van der Waals surface area contributed by atoms with Crippen molar-refractivity contribution in [3.63, 3.8) is 0 Å². The van der Waals surface area contributed by atoms with Crippen molar-refractivity contribution in [1.82, 2.24) is 5.32 Å². The lowest BCUT2D eigenvalue weighted by molar-refractivity contribution is 0.309. The van der Waals surface area contributed by atoms with Crippen molar-refractivity contribution in [2.75, 3.05) is 5.32 Å². The van der Waals surface area contributed by atoms with Crippen LogP contribution in [0.3, 0.4) is 0 Å². The Labute approximate surface area is 126 Å². The van der Waals surface area contributed by atoms with E-state index in [0.29, 0.717) is 23.5 Å². The average molecular weight is 287 g/mol. The minimum atomic E-state index is 0.447. The predicted octanol–water partition coefficient (Wildman–Crippen LogP) is 3.62. The molecule has 2 rings (SSSR count). The number of nitrogens with one attached hydrogen (secondary N) is 2. The van der Waals surface area contributed by atoms with Crippen LogP contribution in [0.25, 0.3) is 0 Å². The highest BCUT2D eigenvalue weighted by Crippen LogP contribution is 2.23. The standard InChI is InChI=1S/C16H21N3S/c1-12-4-2-3-5-15(12)19-16(20)18-14-8-6-13(7-9-14)10-11-17/h6-9,12,15H,2-5,10H2,1H3,(H2,18,19,20)/t12-,15-/m0/s1. The van der Waals surface area contributed by atoms with Gasteiger partial charge < -0.3 is 10.6 Å². The molecule has 0 saturated heterocycles. The van der Waals surface area contributed by atoms with Crippen molar-refractivity contribution in [2.45, 2.75) is 45.1 Å². The van der Waals surface area contributed by atoms with E-state index in [1.54, 1.807) is 0 Å². The first-order valence-electron chi connectivity index (χ1n) is 7.22. The van der Waals surface area contributed by atoms with Crippen LogP contribution < -0.4 is 10.6 Å². The van der Waals surface area contributed by atoms with Gasteiger partial charge >= 0.3 is 0 Å². The van der Waals surface area contributed by atoms with Crippen LogP contribution in [0.2, 0.25) is 0 Å². The summed E-state index contributed by atoms with van der Waals surface area (Å²) >= 11 is 5.38. The number of nitriles is 1. The Morgan fingerprint density at radius 3 is 2.65 bits per heavy atom. The molecule has 1 aliphatic rings. The van der Waals surface area contributed by atoms with Gasteiger partial charge in [-0.1, -0.05) is 31.9 Å². The molecule has 0 aromatic heterocycles. The number of thiocarbonyl (C=S) groups is 1. The molecular weight excluding hydrogens is 266 g/mol. The van der Waals surface area contributed by atoms with E-state index in [0.717, 1.165) is 11.3 Å². The molecule has 3 nitrogen and oxygen atoms in total. The van der Waals surface area contributed by atoms with Crippen LogP contribution in [0, 0.1) is 17.2 Å². The molecule has 1 saturated carbocycles. The van der Waals surface area contributed by atoms with Gasteiger partial charge in [-0.3, -0.25) is 0 Å². The fraction of sp³-hybridized carbons (Fsp3) is 0.500. The zero-order valence-corrected chi connectivity index (χ0v) is 12.7. The predicted molar refractivity (Wildman–Crippen MR) is 86.5 cm³/mol. The highest BCUT2D eigenvalue weighted by Gasteiger charge is 2.21. The molecule has 0 radical (unpaired) electrons. The fourth-order valence-corrected chi connectivity index (χ4v) is 2.93. The van der Waals surface area contributed by atoms with Crippen LogP contribution in [0.4, 0.5) is 5.69 Å². The van der Waals surface area contributed by atoms with Crippen LogP contribution >= 0.6 is 12.2 Å². The van der Waals surface area contributed by atoms with E-state index in [1.807, 2.05) is 24.3 Å². The molecule has 106 valence electrons. The third-order valence-electron chi connectivity index (χ3n) is 3.92. The quantitative estimate of drug-likeness (QED) is 0.834. The summed E-state index contributed by atoms with van der Waals surface area (Å²) in [5.74, 6) is 0.682. The summed E-state index contributed by atoms with van der Waals surface area (Å²) in [6.45, 7) is 2.29. The van der Waals surface area contributed by atoms with Crippen molar-refractivity contribution in [3.05, 3.63) is 29.8 Å². The Morgan fingerprint density at radius 2 is 2.00 bits per heavy atom. The molecule has 2 N–H and O–H groups in total. The minimum Gasteiger partial charge on any atom is -0.359 e. The van der Waals surface area contributed by atoms with Gasteiger partial charge in [0, 0.05) is 11.7 Å². The molecule has 0 amide bonds. The number of rotatable bonds is 3. The molecule has 0 bridgehead atoms. The molecule has 0 aliphatic heterocycles. The zero-order valence-electron chi connectivity index (χ0n) is 11.9. The second-order valence-corrected chi connectivity index (χ2v) is 5.91. The monoisotopic (exact) mass is 287 g/mol. The van der Waals surface area contributed by atoms with Crippen LogP contribution in [0.5, 0.6) is 0 Å². The number of hydrogen-bond donors (Lipinski definition) is 2. The molecule has 0 spiro atoms. The maximum absolute atomic E-state index is 8.65. The second-order valence-electron chi connectivity index (χ2n) is 5.50. The topological polar surface area (TPSA) is 47.8 Å². The molecule has 1 aromatic carbocycles. The van der Waals surface area contributed by atoms with E-state index in [4.69, 9.17) is 17.5 Å². The van der Waals surface area contributed by atoms with Gasteiger partial charge in [0.1, 0.15) is 0 Å². The normalized spacial score (nSPS) is 21.8. The molecule has 1 aromatic rings. The molecule has 1 aliphatic carbocycles. The first-order valence-corrected chi connectivity index (χ1v) is 7.63. The average Bonchev–Trinajstić information content (AvgIpc) is 2.44. The lowest BCUT2D eigenvalue weighted by Gasteiger charge is -2.30. The van der Waals surface area contributed by atoms with Gasteiger partial charge in [-0.2, -0.15) is 5.26 Å². The lowest BCUT2D eigenvalue weighted by atomic mass is 9.86. The first-order chi connectivity index (χ1) is 9.69. The molecule has 1 fully saturated rings. The summed E-state index contributed by atoms with van der Waals surface area (Å²) in [6, 6.07) is 10.5. The van der Waals surface area contributed by atoms with Gasteiger partial charge in [0.15, 0.2) is 5.11 Å². The third kappa shape index (κ3) is 4.21. The maximum Gasteiger partial charge on any atom is 0.171 e. The number of benzene rings is 1. The van der Waals surface area contributed by atoms with Crippen molar-refractivity contribution in [3.8, 4) is 6.07 Å². The molecule has 0 unspecified atom stereocenters. The van der Waals surface area contributed by atoms with Crippen molar-refractivity contribution < 1.29 is 0 Å². The summed E-state index contributed by atoms with van der Waals surface area (Å²) in [5.41, 5.74) is 1.99. The van der Waals surface area contributed by atoms with Crippen LogP contribution in [0.15, 0.2) is 24.3 Å². The van der Waals surface area contributed by atoms with E-state index >= 15 is 0 Å². The van der Waals surface area contributed by atoms with E-state index < -0.39 is 0 Å². The Balaban J connectivity index is 1.86. The summed E-state index contributed by atoms with van der Waals surface area (Å²) < 4.78 is 0. The number of hydrogen-bond acceptors (Lipinski definition) is 2. The number of anilines is 1. The maximum atomic E-state index is 8.65. The van der Waals surface area contributed by atoms with Gasteiger partial charge in [-0.15, -0.1) is 0 Å². The molecule has 0 heterocycles. The van der Waals surface area contributed by atoms with Crippen LogP contribution in [-0.4, -0.2) is 11.2 Å². The Morgan fingerprint density at radius 1 is 1.30 bits per heavy atom. The van der Waals surface area contributed by atoms with E-state index in [9.17, 15) is 0 Å². The summed E-state index contributed by atoms with van der Waals surface area (Å²) in [4.78, 5) is 0. The molecular formula is C16H21N3S. The van der Waals surface area contributed by atoms with Gasteiger partial charge in [0.05, 0.1) is 12.5 Å². The third-order valence-corrected chi connectivity index (χ3v) is 4.14. The Bertz CT molecular complexity index is 489. The minimum absolute atomic E-state index is 0.447. The van der Waals surface area contributed by atoms with Gasteiger partial charge in [0.2, 0.25) is 0 Å². The van der Waals surface area contributed by atoms with E-state index in [-0.39, 0.29) is 0 Å². The van der Waals surface area contributed by atoms with Gasteiger partial charge in [-0.05, 0) is 48.7 Å². The summed E-state index contributed by atoms with van der Waals surface area (Å²) in [5, 5.41) is 16.0. The zero-order chi connectivity index (χ0) is 14.4. The van der Waals surface area contributed by atoms with Crippen molar-refractivity contribution >= 4 is 23.0 Å². The fourth-order valence-electron chi connectivity index (χ4n) is 2.66. The van der Waals surface area contributed by atoms with E-state index in [1.165, 1.54) is 25.7 Å². The van der Waals surface area contributed by atoms with E-state index in [2.05, 4.69) is 23.6 Å². The SMILES string of the molecule is C[C@H]1CCCC[C@@H]1NC(=S)Nc1ccc(CC#N)cc1. The van der Waals surface area contributed by atoms with Crippen molar-refractivity contribution in [1.29, 1.82) is 5.26 Å². The Kier molecular flexibility index (Phi) is 5.37. The summed E-state index contributed by atoms with van der Waals surface area (Å²) in [7, 11) is 0. The molecule has 20 heavy (non-hydrogen) atoms.